The molecule has 21 heavy (non-hydrogen) atoms. The van der Waals surface area contributed by atoms with Gasteiger partial charge in [0.05, 0.1) is 5.75 Å². The van der Waals surface area contributed by atoms with Crippen LogP contribution in [0, 0.1) is 0 Å². The van der Waals surface area contributed by atoms with Crippen LogP contribution in [0.1, 0.15) is 44.2 Å². The zero-order valence-corrected chi connectivity index (χ0v) is 14.1. The number of sulfonamides is 1. The summed E-state index contributed by atoms with van der Waals surface area (Å²) in [4.78, 5) is 0.323. The monoisotopic (exact) mass is 326 g/mol. The van der Waals surface area contributed by atoms with Gasteiger partial charge in [0, 0.05) is 17.6 Å². The molecule has 2 rings (SSSR count). The first-order valence-corrected chi connectivity index (χ1v) is 9.27. The minimum atomic E-state index is -3.29. The van der Waals surface area contributed by atoms with E-state index in [1.807, 2.05) is 13.8 Å². The number of hydrogen-bond donors (Lipinski definition) is 1. The summed E-state index contributed by atoms with van der Waals surface area (Å²) in [6.45, 7) is 4.03. The highest BCUT2D eigenvalue weighted by molar-refractivity contribution is 7.88. The first kappa shape index (κ1) is 16.4. The Morgan fingerprint density at radius 2 is 1.95 bits per heavy atom. The first-order chi connectivity index (χ1) is 9.85. The highest BCUT2D eigenvalue weighted by atomic mass is 32.2. The Labute approximate surface area is 132 Å². The number of hydrogen-bond acceptors (Lipinski definition) is 3. The van der Waals surface area contributed by atoms with E-state index in [4.69, 9.17) is 18.0 Å². The molecular weight excluding hydrogens is 304 g/mol. The average Bonchev–Trinajstić information content (AvgIpc) is 2.80. The normalized spacial score (nSPS) is 23.3. The lowest BCUT2D eigenvalue weighted by Gasteiger charge is -2.27. The maximum atomic E-state index is 12.7. The smallest absolute Gasteiger partial charge is 0.218 e. The van der Waals surface area contributed by atoms with Crippen LogP contribution in [-0.2, 0) is 15.8 Å². The lowest BCUT2D eigenvalue weighted by molar-refractivity contribution is 0.328. The third-order valence-electron chi connectivity index (χ3n) is 4.09. The molecule has 2 atom stereocenters. The van der Waals surface area contributed by atoms with Crippen molar-refractivity contribution in [1.82, 2.24) is 4.31 Å². The van der Waals surface area contributed by atoms with E-state index < -0.39 is 10.0 Å². The van der Waals surface area contributed by atoms with Gasteiger partial charge in [-0.1, -0.05) is 43.4 Å². The molecule has 0 saturated carbocycles. The van der Waals surface area contributed by atoms with Gasteiger partial charge < -0.3 is 5.73 Å². The van der Waals surface area contributed by atoms with Crippen molar-refractivity contribution in [2.45, 2.75) is 50.9 Å². The van der Waals surface area contributed by atoms with Crippen LogP contribution in [0.25, 0.3) is 0 Å². The van der Waals surface area contributed by atoms with Crippen molar-refractivity contribution in [3.63, 3.8) is 0 Å². The van der Waals surface area contributed by atoms with E-state index in [2.05, 4.69) is 0 Å². The Kier molecular flexibility index (Phi) is 5.01. The Morgan fingerprint density at radius 1 is 1.33 bits per heavy atom. The third kappa shape index (κ3) is 3.62. The summed E-state index contributed by atoms with van der Waals surface area (Å²) >= 11 is 4.90. The fraction of sp³-hybridized carbons (Fsp3) is 0.533. The van der Waals surface area contributed by atoms with E-state index >= 15 is 0 Å². The van der Waals surface area contributed by atoms with E-state index in [1.165, 1.54) is 0 Å². The predicted molar refractivity (Wildman–Crippen MR) is 89.6 cm³/mol. The molecule has 1 fully saturated rings. The van der Waals surface area contributed by atoms with Gasteiger partial charge in [-0.15, -0.1) is 0 Å². The van der Waals surface area contributed by atoms with Crippen molar-refractivity contribution in [3.8, 4) is 0 Å². The van der Waals surface area contributed by atoms with Gasteiger partial charge in [0.1, 0.15) is 4.99 Å². The Bertz CT molecular complexity index is 611. The molecule has 1 aliphatic rings. The second-order valence-corrected chi connectivity index (χ2v) is 7.95. The molecule has 0 bridgehead atoms. The Hall–Kier alpha value is -0.980. The Balaban J connectivity index is 2.18. The number of benzene rings is 1. The minimum absolute atomic E-state index is 0.0332. The lowest BCUT2D eigenvalue weighted by atomic mass is 10.1. The summed E-state index contributed by atoms with van der Waals surface area (Å²) in [6, 6.07) is 7.36. The zero-order valence-electron chi connectivity index (χ0n) is 12.5. The molecule has 4 nitrogen and oxygen atoms in total. The summed E-state index contributed by atoms with van der Waals surface area (Å²) in [5, 5.41) is 0. The van der Waals surface area contributed by atoms with E-state index in [0.29, 0.717) is 4.99 Å². The van der Waals surface area contributed by atoms with Gasteiger partial charge in [-0.3, -0.25) is 0 Å². The van der Waals surface area contributed by atoms with Crippen LogP contribution in [0.3, 0.4) is 0 Å². The second-order valence-electron chi connectivity index (χ2n) is 5.64. The molecular formula is C15H22N2O2S2. The molecule has 1 saturated heterocycles. The molecule has 0 amide bonds. The van der Waals surface area contributed by atoms with Crippen molar-refractivity contribution in [2.24, 2.45) is 5.73 Å². The van der Waals surface area contributed by atoms with E-state index in [0.717, 1.165) is 30.4 Å². The summed E-state index contributed by atoms with van der Waals surface area (Å²) in [5.41, 5.74) is 7.07. The molecule has 1 aliphatic heterocycles. The van der Waals surface area contributed by atoms with Gasteiger partial charge in [0.15, 0.2) is 0 Å². The molecule has 1 aromatic rings. The van der Waals surface area contributed by atoms with Crippen LogP contribution in [0.2, 0.25) is 0 Å². The van der Waals surface area contributed by atoms with Crippen LogP contribution >= 0.6 is 12.2 Å². The lowest BCUT2D eigenvalue weighted by Crippen LogP contribution is -2.40. The fourth-order valence-electron chi connectivity index (χ4n) is 2.98. The highest BCUT2D eigenvalue weighted by Crippen LogP contribution is 2.30. The molecule has 1 aromatic carbocycles. The summed E-state index contributed by atoms with van der Waals surface area (Å²) in [6.07, 6.45) is 2.76. The first-order valence-electron chi connectivity index (χ1n) is 7.25. The molecule has 6 heteroatoms. The van der Waals surface area contributed by atoms with Crippen LogP contribution in [0.15, 0.2) is 24.3 Å². The van der Waals surface area contributed by atoms with Crippen molar-refractivity contribution < 1.29 is 8.42 Å². The van der Waals surface area contributed by atoms with Gasteiger partial charge in [0.2, 0.25) is 10.0 Å². The summed E-state index contributed by atoms with van der Waals surface area (Å²) in [5.74, 6) is 0.0332. The molecule has 0 spiro atoms. The molecule has 2 unspecified atom stereocenters. The molecule has 2 N–H and O–H groups in total. The summed E-state index contributed by atoms with van der Waals surface area (Å²) < 4.78 is 27.1. The largest absolute Gasteiger partial charge is 0.389 e. The number of nitrogens with zero attached hydrogens (tertiary/aromatic N) is 1. The summed E-state index contributed by atoms with van der Waals surface area (Å²) in [7, 11) is -3.29. The predicted octanol–water partition coefficient (Wildman–Crippen LogP) is 2.41. The van der Waals surface area contributed by atoms with Crippen LogP contribution in [0.5, 0.6) is 0 Å². The molecule has 0 aliphatic carbocycles. The second kappa shape index (κ2) is 6.42. The third-order valence-corrected chi connectivity index (χ3v) is 6.33. The maximum Gasteiger partial charge on any atom is 0.218 e. The van der Waals surface area contributed by atoms with Gasteiger partial charge in [-0.2, -0.15) is 4.31 Å². The molecule has 0 radical (unpaired) electrons. The van der Waals surface area contributed by atoms with Crippen LogP contribution in [0.4, 0.5) is 0 Å². The number of rotatable bonds is 5. The Morgan fingerprint density at radius 3 is 2.48 bits per heavy atom. The molecule has 1 heterocycles. The van der Waals surface area contributed by atoms with E-state index in [9.17, 15) is 8.42 Å². The maximum absolute atomic E-state index is 12.7. The van der Waals surface area contributed by atoms with Gasteiger partial charge in [-0.25, -0.2) is 8.42 Å². The quantitative estimate of drug-likeness (QED) is 0.844. The highest BCUT2D eigenvalue weighted by Gasteiger charge is 2.37. The van der Waals surface area contributed by atoms with Crippen molar-refractivity contribution in [3.05, 3.63) is 35.4 Å². The SMILES string of the molecule is CCC1CCC(C)N1S(=O)(=O)Cc1ccc(C(N)=S)cc1. The van der Waals surface area contributed by atoms with Gasteiger partial charge in [0.25, 0.3) is 0 Å². The van der Waals surface area contributed by atoms with Crippen molar-refractivity contribution >= 4 is 27.2 Å². The average molecular weight is 326 g/mol. The number of nitrogens with two attached hydrogens (primary N) is 1. The molecule has 0 aromatic heterocycles. The van der Waals surface area contributed by atoms with E-state index in [1.54, 1.807) is 28.6 Å². The fourth-order valence-corrected chi connectivity index (χ4v) is 5.25. The topological polar surface area (TPSA) is 63.4 Å². The van der Waals surface area contributed by atoms with Crippen molar-refractivity contribution in [2.75, 3.05) is 0 Å². The van der Waals surface area contributed by atoms with Crippen LogP contribution < -0.4 is 5.73 Å². The van der Waals surface area contributed by atoms with Crippen LogP contribution in [-0.4, -0.2) is 29.8 Å². The molecule has 116 valence electrons. The van der Waals surface area contributed by atoms with Gasteiger partial charge in [-0.05, 0) is 31.7 Å². The number of thiocarbonyl (C=S) groups is 1. The minimum Gasteiger partial charge on any atom is -0.389 e. The van der Waals surface area contributed by atoms with Crippen molar-refractivity contribution in [1.29, 1.82) is 0 Å². The van der Waals surface area contributed by atoms with Gasteiger partial charge >= 0.3 is 0 Å². The standard InChI is InChI=1S/C15H22N2O2S2/c1-3-14-9-4-11(2)17(14)21(18,19)10-12-5-7-13(8-6-12)15(16)20/h5-8,11,14H,3-4,9-10H2,1-2H3,(H2,16,20). The zero-order chi connectivity index (χ0) is 15.6. The van der Waals surface area contributed by atoms with E-state index in [-0.39, 0.29) is 17.8 Å².